The molecule has 0 radical (unpaired) electrons. The van der Waals surface area contributed by atoms with E-state index in [0.717, 1.165) is 12.8 Å². The molecule has 0 aliphatic carbocycles. The molecule has 108 valence electrons. The van der Waals surface area contributed by atoms with Crippen LogP contribution in [0.25, 0.3) is 0 Å². The van der Waals surface area contributed by atoms with Crippen LogP contribution in [0, 0.1) is 10.1 Å². The maximum atomic E-state index is 12.0. The molecular formula is C13H17N3O4. The topological polar surface area (TPSA) is 98.7 Å². The Bertz CT molecular complexity index is 506. The highest BCUT2D eigenvalue weighted by atomic mass is 16.6. The highest BCUT2D eigenvalue weighted by molar-refractivity contribution is 5.78. The number of carbonyl (C=O) groups excluding carboxylic acids is 1. The van der Waals surface area contributed by atoms with Crippen LogP contribution in [0.2, 0.25) is 0 Å². The molecule has 0 saturated carbocycles. The Morgan fingerprint density at radius 1 is 1.50 bits per heavy atom. The number of ether oxygens (including phenoxy) is 1. The molecule has 2 N–H and O–H groups in total. The summed E-state index contributed by atoms with van der Waals surface area (Å²) in [5.74, 6) is -0.0783. The average Bonchev–Trinajstić information content (AvgIpc) is 2.93. The summed E-state index contributed by atoms with van der Waals surface area (Å²) in [6, 6.07) is 6.06. The minimum absolute atomic E-state index is 0.0526. The largest absolute Gasteiger partial charge is 0.477 e. The van der Waals surface area contributed by atoms with Gasteiger partial charge >= 0.3 is 5.69 Å². The van der Waals surface area contributed by atoms with E-state index in [-0.39, 0.29) is 30.0 Å². The van der Waals surface area contributed by atoms with Gasteiger partial charge < -0.3 is 15.4 Å². The van der Waals surface area contributed by atoms with Crippen molar-refractivity contribution < 1.29 is 14.5 Å². The number of likely N-dealkylation sites (tertiary alicyclic amines) is 1. The third-order valence-electron chi connectivity index (χ3n) is 3.38. The maximum Gasteiger partial charge on any atom is 0.310 e. The maximum absolute atomic E-state index is 12.0. The van der Waals surface area contributed by atoms with Crippen LogP contribution >= 0.6 is 0 Å². The summed E-state index contributed by atoms with van der Waals surface area (Å²) in [4.78, 5) is 24.0. The first-order valence-electron chi connectivity index (χ1n) is 6.49. The second-order valence-corrected chi connectivity index (χ2v) is 4.63. The smallest absolute Gasteiger partial charge is 0.310 e. The van der Waals surface area contributed by atoms with Gasteiger partial charge in [0.25, 0.3) is 5.91 Å². The second kappa shape index (κ2) is 6.33. The van der Waals surface area contributed by atoms with E-state index in [4.69, 9.17) is 10.5 Å². The van der Waals surface area contributed by atoms with Crippen molar-refractivity contribution in [2.75, 3.05) is 19.7 Å². The first kappa shape index (κ1) is 14.3. The fourth-order valence-electron chi connectivity index (χ4n) is 2.36. The SMILES string of the molecule is NCC1CCCN1C(=O)COc1ccccc1[N+](=O)[O-]. The van der Waals surface area contributed by atoms with Crippen molar-refractivity contribution in [3.63, 3.8) is 0 Å². The molecule has 1 atom stereocenters. The number of nitro groups is 1. The third-order valence-corrected chi connectivity index (χ3v) is 3.38. The summed E-state index contributed by atoms with van der Waals surface area (Å²) in [5.41, 5.74) is 5.47. The fourth-order valence-corrected chi connectivity index (χ4v) is 2.36. The standard InChI is InChI=1S/C13H17N3O4/c14-8-10-4-3-7-15(10)13(17)9-20-12-6-2-1-5-11(12)16(18)19/h1-2,5-6,10H,3-4,7-9,14H2. The van der Waals surface area contributed by atoms with Crippen LogP contribution < -0.4 is 10.5 Å². The summed E-state index contributed by atoms with van der Waals surface area (Å²) in [6.45, 7) is 0.888. The number of amides is 1. The number of nitro benzene ring substituents is 1. The summed E-state index contributed by atoms with van der Waals surface area (Å²) in [6.07, 6.45) is 1.83. The van der Waals surface area contributed by atoms with Crippen molar-refractivity contribution in [2.45, 2.75) is 18.9 Å². The number of nitrogens with two attached hydrogens (primary N) is 1. The molecule has 1 unspecified atom stereocenters. The van der Waals surface area contributed by atoms with Gasteiger partial charge in [0.15, 0.2) is 12.4 Å². The predicted octanol–water partition coefficient (Wildman–Crippen LogP) is 0.923. The highest BCUT2D eigenvalue weighted by Gasteiger charge is 2.28. The van der Waals surface area contributed by atoms with Crippen molar-refractivity contribution >= 4 is 11.6 Å². The molecule has 1 aliphatic heterocycles. The van der Waals surface area contributed by atoms with Gasteiger partial charge in [0, 0.05) is 25.2 Å². The molecule has 1 aliphatic rings. The number of rotatable bonds is 5. The van der Waals surface area contributed by atoms with Gasteiger partial charge in [-0.3, -0.25) is 14.9 Å². The lowest BCUT2D eigenvalue weighted by atomic mass is 10.2. The molecular weight excluding hydrogens is 262 g/mol. The Morgan fingerprint density at radius 3 is 2.95 bits per heavy atom. The van der Waals surface area contributed by atoms with Gasteiger partial charge in [-0.2, -0.15) is 0 Å². The van der Waals surface area contributed by atoms with Crippen molar-refractivity contribution in [2.24, 2.45) is 5.73 Å². The second-order valence-electron chi connectivity index (χ2n) is 4.63. The van der Waals surface area contributed by atoms with Crippen LogP contribution in [-0.2, 0) is 4.79 Å². The lowest BCUT2D eigenvalue weighted by Crippen LogP contribution is -2.42. The summed E-state index contributed by atoms with van der Waals surface area (Å²) < 4.78 is 5.29. The van der Waals surface area contributed by atoms with E-state index in [2.05, 4.69) is 0 Å². The van der Waals surface area contributed by atoms with E-state index in [0.29, 0.717) is 13.1 Å². The molecule has 0 bridgehead atoms. The molecule has 20 heavy (non-hydrogen) atoms. The van der Waals surface area contributed by atoms with Gasteiger partial charge in [-0.05, 0) is 18.9 Å². The molecule has 1 saturated heterocycles. The number of carbonyl (C=O) groups is 1. The van der Waals surface area contributed by atoms with Crippen LogP contribution in [0.4, 0.5) is 5.69 Å². The molecule has 1 aromatic carbocycles. The minimum Gasteiger partial charge on any atom is -0.477 e. The normalized spacial score (nSPS) is 18.1. The van der Waals surface area contributed by atoms with E-state index in [1.807, 2.05) is 0 Å². The zero-order valence-corrected chi connectivity index (χ0v) is 11.0. The van der Waals surface area contributed by atoms with Gasteiger partial charge in [0.2, 0.25) is 0 Å². The molecule has 0 spiro atoms. The van der Waals surface area contributed by atoms with Crippen molar-refractivity contribution in [1.29, 1.82) is 0 Å². The van der Waals surface area contributed by atoms with E-state index in [9.17, 15) is 14.9 Å². The van der Waals surface area contributed by atoms with Crippen LogP contribution in [0.5, 0.6) is 5.75 Å². The van der Waals surface area contributed by atoms with Gasteiger partial charge in [0.1, 0.15) is 0 Å². The van der Waals surface area contributed by atoms with Gasteiger partial charge in [-0.15, -0.1) is 0 Å². The first-order valence-corrected chi connectivity index (χ1v) is 6.49. The number of hydrogen-bond acceptors (Lipinski definition) is 5. The van der Waals surface area contributed by atoms with Crippen molar-refractivity contribution in [1.82, 2.24) is 4.90 Å². The molecule has 7 nitrogen and oxygen atoms in total. The lowest BCUT2D eigenvalue weighted by molar-refractivity contribution is -0.385. The van der Waals surface area contributed by atoms with E-state index in [1.165, 1.54) is 12.1 Å². The highest BCUT2D eigenvalue weighted by Crippen LogP contribution is 2.26. The molecule has 7 heteroatoms. The Labute approximate surface area is 116 Å². The predicted molar refractivity (Wildman–Crippen MR) is 72.4 cm³/mol. The number of hydrogen-bond donors (Lipinski definition) is 1. The van der Waals surface area contributed by atoms with Gasteiger partial charge in [-0.1, -0.05) is 12.1 Å². The number of benzene rings is 1. The van der Waals surface area contributed by atoms with Gasteiger partial charge in [0.05, 0.1) is 4.92 Å². The van der Waals surface area contributed by atoms with E-state index in [1.54, 1.807) is 17.0 Å². The summed E-state index contributed by atoms with van der Waals surface area (Å²) in [7, 11) is 0. The zero-order valence-electron chi connectivity index (χ0n) is 11.0. The fraction of sp³-hybridized carbons (Fsp3) is 0.462. The molecule has 1 aromatic rings. The molecule has 1 amide bonds. The van der Waals surface area contributed by atoms with Crippen LogP contribution in [0.3, 0.4) is 0 Å². The molecule has 1 fully saturated rings. The Morgan fingerprint density at radius 2 is 2.25 bits per heavy atom. The van der Waals surface area contributed by atoms with Crippen molar-refractivity contribution in [3.05, 3.63) is 34.4 Å². The van der Waals surface area contributed by atoms with Gasteiger partial charge in [-0.25, -0.2) is 0 Å². The van der Waals surface area contributed by atoms with Crippen LogP contribution in [0.15, 0.2) is 24.3 Å². The minimum atomic E-state index is -0.529. The molecule has 0 aromatic heterocycles. The van der Waals surface area contributed by atoms with Crippen LogP contribution in [0.1, 0.15) is 12.8 Å². The average molecular weight is 279 g/mol. The van der Waals surface area contributed by atoms with Crippen molar-refractivity contribution in [3.8, 4) is 5.75 Å². The quantitative estimate of drug-likeness (QED) is 0.638. The Hall–Kier alpha value is -2.15. The molecule has 2 rings (SSSR count). The van der Waals surface area contributed by atoms with Crippen LogP contribution in [-0.4, -0.2) is 41.5 Å². The zero-order chi connectivity index (χ0) is 14.5. The Kier molecular flexibility index (Phi) is 4.52. The van der Waals surface area contributed by atoms with E-state index >= 15 is 0 Å². The van der Waals surface area contributed by atoms with E-state index < -0.39 is 4.92 Å². The molecule has 1 heterocycles. The summed E-state index contributed by atoms with van der Waals surface area (Å²) in [5, 5.41) is 10.8. The monoisotopic (exact) mass is 279 g/mol. The lowest BCUT2D eigenvalue weighted by Gasteiger charge is -2.23. The summed E-state index contributed by atoms with van der Waals surface area (Å²) >= 11 is 0. The first-order chi connectivity index (χ1) is 9.63. The number of nitrogens with zero attached hydrogens (tertiary/aromatic N) is 2. The number of para-hydroxylation sites is 2. The third kappa shape index (κ3) is 3.05. The Balaban J connectivity index is 1.98.